The van der Waals surface area contributed by atoms with Crippen molar-refractivity contribution >= 4 is 6.09 Å². The minimum atomic E-state index is -1.01. The Kier molecular flexibility index (Phi) is 3.66. The molecular formula is C18H22N2O3. The molecule has 0 saturated heterocycles. The Balaban J connectivity index is 2.06. The summed E-state index contributed by atoms with van der Waals surface area (Å²) >= 11 is 0. The maximum absolute atomic E-state index is 11.4. The largest absolute Gasteiger partial charge is 0.465 e. The first-order valence-electron chi connectivity index (χ1n) is 7.85. The summed E-state index contributed by atoms with van der Waals surface area (Å²) in [6.07, 6.45) is 2.59. The van der Waals surface area contributed by atoms with Crippen molar-refractivity contribution in [3.8, 4) is 0 Å². The number of fused-ring (bicyclic) bond motifs is 1. The number of aromatic nitrogens is 1. The van der Waals surface area contributed by atoms with E-state index in [1.807, 2.05) is 12.1 Å². The monoisotopic (exact) mass is 314 g/mol. The van der Waals surface area contributed by atoms with Gasteiger partial charge >= 0.3 is 6.09 Å². The highest BCUT2D eigenvalue weighted by Crippen LogP contribution is 2.38. The van der Waals surface area contributed by atoms with E-state index in [1.54, 1.807) is 6.20 Å². The van der Waals surface area contributed by atoms with Crippen molar-refractivity contribution < 1.29 is 14.4 Å². The van der Waals surface area contributed by atoms with E-state index in [2.05, 4.69) is 43.4 Å². The van der Waals surface area contributed by atoms with Gasteiger partial charge in [0.1, 0.15) is 5.76 Å². The Morgan fingerprint density at radius 3 is 2.87 bits per heavy atom. The van der Waals surface area contributed by atoms with Gasteiger partial charge in [-0.3, -0.25) is 0 Å². The molecule has 5 nitrogen and oxygen atoms in total. The lowest BCUT2D eigenvalue weighted by Crippen LogP contribution is -2.49. The van der Waals surface area contributed by atoms with Crippen LogP contribution in [-0.4, -0.2) is 16.4 Å². The fourth-order valence-electron chi connectivity index (χ4n) is 3.29. The van der Waals surface area contributed by atoms with Crippen LogP contribution in [0.4, 0.5) is 4.79 Å². The van der Waals surface area contributed by atoms with Gasteiger partial charge < -0.3 is 14.9 Å². The molecule has 1 heterocycles. The molecular weight excluding hydrogens is 292 g/mol. The van der Waals surface area contributed by atoms with Gasteiger partial charge in [0.25, 0.3) is 0 Å². The number of amides is 1. The van der Waals surface area contributed by atoms with Crippen molar-refractivity contribution in [2.75, 3.05) is 0 Å². The Morgan fingerprint density at radius 2 is 2.17 bits per heavy atom. The SMILES string of the molecule is CC(C)(C)c1cccc(C2(NC(=O)O)CCc3oncc3C2)c1. The lowest BCUT2D eigenvalue weighted by atomic mass is 9.74. The van der Waals surface area contributed by atoms with Gasteiger partial charge in [0.05, 0.1) is 11.7 Å². The summed E-state index contributed by atoms with van der Waals surface area (Å²) in [6.45, 7) is 6.47. The van der Waals surface area contributed by atoms with Gasteiger partial charge in [0, 0.05) is 18.4 Å². The zero-order valence-corrected chi connectivity index (χ0v) is 13.7. The highest BCUT2D eigenvalue weighted by molar-refractivity contribution is 5.66. The molecule has 1 aromatic carbocycles. The van der Waals surface area contributed by atoms with Crippen molar-refractivity contribution in [3.63, 3.8) is 0 Å². The minimum absolute atomic E-state index is 0.0114. The van der Waals surface area contributed by atoms with E-state index in [0.717, 1.165) is 16.9 Å². The average Bonchev–Trinajstić information content (AvgIpc) is 2.93. The summed E-state index contributed by atoms with van der Waals surface area (Å²) < 4.78 is 5.24. The molecule has 1 aliphatic rings. The third-order valence-corrected chi connectivity index (χ3v) is 4.63. The smallest absolute Gasteiger partial charge is 0.405 e. The van der Waals surface area contributed by atoms with Crippen LogP contribution in [0.25, 0.3) is 0 Å². The Labute approximate surface area is 135 Å². The second-order valence-electron chi connectivity index (χ2n) is 7.29. The quantitative estimate of drug-likeness (QED) is 0.887. The third kappa shape index (κ3) is 2.96. The lowest BCUT2D eigenvalue weighted by Gasteiger charge is -2.37. The van der Waals surface area contributed by atoms with Crippen molar-refractivity contribution in [3.05, 3.63) is 52.9 Å². The van der Waals surface area contributed by atoms with Crippen LogP contribution in [0, 0.1) is 0 Å². The molecule has 1 amide bonds. The molecule has 23 heavy (non-hydrogen) atoms. The fraction of sp³-hybridized carbons (Fsp3) is 0.444. The molecule has 0 spiro atoms. The predicted molar refractivity (Wildman–Crippen MR) is 86.5 cm³/mol. The molecule has 2 aromatic rings. The molecule has 5 heteroatoms. The maximum Gasteiger partial charge on any atom is 0.405 e. The van der Waals surface area contributed by atoms with Gasteiger partial charge in [-0.05, 0) is 23.0 Å². The predicted octanol–water partition coefficient (Wildman–Crippen LogP) is 3.62. The van der Waals surface area contributed by atoms with E-state index in [4.69, 9.17) is 4.52 Å². The number of aryl methyl sites for hydroxylation is 1. The standard InChI is InChI=1S/C18H22N2O3/c1-17(2,3)13-5-4-6-14(9-13)18(20-16(21)22)8-7-15-12(10-18)11-19-23-15/h4-6,9,11,20H,7-8,10H2,1-3H3,(H,21,22). The molecule has 0 saturated carbocycles. The van der Waals surface area contributed by atoms with Crippen LogP contribution in [0.3, 0.4) is 0 Å². The number of benzene rings is 1. The summed E-state index contributed by atoms with van der Waals surface area (Å²) in [6, 6.07) is 8.22. The number of carboxylic acid groups (broad SMARTS) is 1. The second kappa shape index (κ2) is 5.41. The van der Waals surface area contributed by atoms with Gasteiger partial charge in [-0.25, -0.2) is 4.79 Å². The fourth-order valence-corrected chi connectivity index (χ4v) is 3.29. The van der Waals surface area contributed by atoms with E-state index in [-0.39, 0.29) is 5.41 Å². The molecule has 2 N–H and O–H groups in total. The summed E-state index contributed by atoms with van der Waals surface area (Å²) in [7, 11) is 0. The van der Waals surface area contributed by atoms with Crippen LogP contribution in [-0.2, 0) is 23.8 Å². The van der Waals surface area contributed by atoms with Gasteiger partial charge in [-0.15, -0.1) is 0 Å². The highest BCUT2D eigenvalue weighted by atomic mass is 16.5. The van der Waals surface area contributed by atoms with Crippen LogP contribution in [0.5, 0.6) is 0 Å². The zero-order chi connectivity index (χ0) is 16.7. The third-order valence-electron chi connectivity index (χ3n) is 4.63. The van der Waals surface area contributed by atoms with Crippen LogP contribution in [0.15, 0.2) is 35.0 Å². The van der Waals surface area contributed by atoms with Crippen molar-refractivity contribution in [1.82, 2.24) is 10.5 Å². The summed E-state index contributed by atoms with van der Waals surface area (Å²) in [5, 5.41) is 16.0. The van der Waals surface area contributed by atoms with Crippen LogP contribution in [0.1, 0.15) is 49.6 Å². The minimum Gasteiger partial charge on any atom is -0.465 e. The zero-order valence-electron chi connectivity index (χ0n) is 13.7. The number of hydrogen-bond donors (Lipinski definition) is 2. The van der Waals surface area contributed by atoms with Crippen molar-refractivity contribution in [2.45, 2.75) is 51.0 Å². The lowest BCUT2D eigenvalue weighted by molar-refractivity contribution is 0.170. The Bertz CT molecular complexity index is 730. The molecule has 0 fully saturated rings. The number of carbonyl (C=O) groups is 1. The molecule has 1 unspecified atom stereocenters. The molecule has 1 aliphatic carbocycles. The number of rotatable bonds is 2. The summed E-state index contributed by atoms with van der Waals surface area (Å²) in [5.41, 5.74) is 2.55. The molecule has 1 aromatic heterocycles. The highest BCUT2D eigenvalue weighted by Gasteiger charge is 2.39. The molecule has 0 bridgehead atoms. The average molecular weight is 314 g/mol. The van der Waals surface area contributed by atoms with Gasteiger partial charge in [-0.1, -0.05) is 50.2 Å². The number of hydrogen-bond acceptors (Lipinski definition) is 3. The van der Waals surface area contributed by atoms with Crippen molar-refractivity contribution in [1.29, 1.82) is 0 Å². The number of nitrogens with one attached hydrogen (secondary N) is 1. The van der Waals surface area contributed by atoms with Crippen LogP contribution < -0.4 is 5.32 Å². The van der Waals surface area contributed by atoms with E-state index < -0.39 is 11.6 Å². The van der Waals surface area contributed by atoms with Crippen LogP contribution in [0.2, 0.25) is 0 Å². The molecule has 3 rings (SSSR count). The molecule has 0 radical (unpaired) electrons. The van der Waals surface area contributed by atoms with Crippen LogP contribution >= 0.6 is 0 Å². The first-order chi connectivity index (χ1) is 10.8. The van der Waals surface area contributed by atoms with E-state index in [0.29, 0.717) is 19.3 Å². The molecule has 1 atom stereocenters. The first kappa shape index (κ1) is 15.6. The maximum atomic E-state index is 11.4. The molecule has 122 valence electrons. The normalized spacial score (nSPS) is 20.8. The van der Waals surface area contributed by atoms with Gasteiger partial charge in [0.15, 0.2) is 0 Å². The molecule has 0 aliphatic heterocycles. The topological polar surface area (TPSA) is 75.4 Å². The number of nitrogens with zero attached hydrogens (tertiary/aromatic N) is 1. The Hall–Kier alpha value is -2.30. The summed E-state index contributed by atoms with van der Waals surface area (Å²) in [5.74, 6) is 0.861. The van der Waals surface area contributed by atoms with Crippen molar-refractivity contribution in [2.24, 2.45) is 0 Å². The summed E-state index contributed by atoms with van der Waals surface area (Å²) in [4.78, 5) is 11.4. The second-order valence-corrected chi connectivity index (χ2v) is 7.29. The first-order valence-corrected chi connectivity index (χ1v) is 7.85. The van der Waals surface area contributed by atoms with E-state index >= 15 is 0 Å². The van der Waals surface area contributed by atoms with E-state index in [9.17, 15) is 9.90 Å². The van der Waals surface area contributed by atoms with Gasteiger partial charge in [-0.2, -0.15) is 0 Å². The van der Waals surface area contributed by atoms with E-state index in [1.165, 1.54) is 5.56 Å². The van der Waals surface area contributed by atoms with Gasteiger partial charge in [0.2, 0.25) is 0 Å². The Morgan fingerprint density at radius 1 is 1.39 bits per heavy atom.